The van der Waals surface area contributed by atoms with Crippen LogP contribution in [0.15, 0.2) is 120 Å². The van der Waals surface area contributed by atoms with Crippen LogP contribution in [0.4, 0.5) is 13.2 Å². The predicted octanol–water partition coefficient (Wildman–Crippen LogP) is 7.03. The van der Waals surface area contributed by atoms with Crippen LogP contribution in [0.5, 0.6) is 0 Å². The van der Waals surface area contributed by atoms with Gasteiger partial charge in [-0.15, -0.1) is 0 Å². The molecule has 4 nitrogen and oxygen atoms in total. The van der Waals surface area contributed by atoms with Crippen molar-refractivity contribution >= 4 is 20.8 Å². The Hall–Kier alpha value is -4.01. The molecule has 0 fully saturated rings. The zero-order valence-corrected chi connectivity index (χ0v) is 21.8. The molecule has 1 aromatic heterocycles. The largest absolute Gasteiger partial charge is 0.416 e. The van der Waals surface area contributed by atoms with Gasteiger partial charge in [0.1, 0.15) is 5.54 Å². The van der Waals surface area contributed by atoms with Crippen molar-refractivity contribution in [1.82, 2.24) is 9.71 Å². The lowest BCUT2D eigenvalue weighted by molar-refractivity contribution is -0.137. The molecular weight excluding hydrogens is 521 g/mol. The summed E-state index contributed by atoms with van der Waals surface area (Å²) in [5, 5.41) is 1.59. The number of pyridine rings is 1. The van der Waals surface area contributed by atoms with Gasteiger partial charge in [-0.3, -0.25) is 4.98 Å². The van der Waals surface area contributed by atoms with Gasteiger partial charge < -0.3 is 0 Å². The van der Waals surface area contributed by atoms with Gasteiger partial charge in [-0.05, 0) is 64.7 Å². The molecule has 5 aromatic rings. The first-order chi connectivity index (χ1) is 18.6. The summed E-state index contributed by atoms with van der Waals surface area (Å²) >= 11 is 0. The maximum atomic E-state index is 14.0. The molecule has 1 heterocycles. The Labute approximate surface area is 225 Å². The van der Waals surface area contributed by atoms with Crippen LogP contribution in [0, 0.1) is 6.92 Å². The molecule has 0 bridgehead atoms. The third-order valence-corrected chi connectivity index (χ3v) is 8.17. The molecule has 1 N–H and O–H groups in total. The highest BCUT2D eigenvalue weighted by Gasteiger charge is 2.42. The van der Waals surface area contributed by atoms with Gasteiger partial charge in [0.25, 0.3) is 0 Å². The minimum atomic E-state index is -4.62. The van der Waals surface area contributed by atoms with Crippen LogP contribution < -0.4 is 4.72 Å². The average molecular weight is 547 g/mol. The lowest BCUT2D eigenvalue weighted by Gasteiger charge is -2.35. The third-order valence-electron chi connectivity index (χ3n) is 6.68. The summed E-state index contributed by atoms with van der Waals surface area (Å²) in [6, 6.07) is 29.3. The second-order valence-corrected chi connectivity index (χ2v) is 11.2. The normalized spacial score (nSPS) is 13.7. The van der Waals surface area contributed by atoms with Crippen LogP contribution in [0.2, 0.25) is 0 Å². The number of fused-ring (bicyclic) bond motifs is 1. The molecule has 198 valence electrons. The summed E-state index contributed by atoms with van der Waals surface area (Å²) < 4.78 is 72.3. The Morgan fingerprint density at radius 3 is 2.13 bits per heavy atom. The Balaban J connectivity index is 1.75. The zero-order valence-electron chi connectivity index (χ0n) is 21.0. The van der Waals surface area contributed by atoms with Crippen molar-refractivity contribution < 1.29 is 21.6 Å². The molecule has 0 aliphatic carbocycles. The van der Waals surface area contributed by atoms with Crippen molar-refractivity contribution in [3.8, 4) is 0 Å². The Bertz CT molecular complexity index is 1720. The highest BCUT2D eigenvalue weighted by molar-refractivity contribution is 7.89. The van der Waals surface area contributed by atoms with Gasteiger partial charge in [0.15, 0.2) is 0 Å². The van der Waals surface area contributed by atoms with Gasteiger partial charge in [-0.2, -0.15) is 17.9 Å². The summed E-state index contributed by atoms with van der Waals surface area (Å²) in [4.78, 5) is 4.53. The lowest BCUT2D eigenvalue weighted by atomic mass is 9.81. The first kappa shape index (κ1) is 26.6. The average Bonchev–Trinajstić information content (AvgIpc) is 2.93. The predicted molar refractivity (Wildman–Crippen MR) is 146 cm³/mol. The molecule has 0 radical (unpaired) electrons. The van der Waals surface area contributed by atoms with E-state index in [9.17, 15) is 21.6 Å². The number of nitrogens with zero attached hydrogens (tertiary/aromatic N) is 1. The maximum absolute atomic E-state index is 14.0. The van der Waals surface area contributed by atoms with Crippen molar-refractivity contribution in [2.45, 2.75) is 30.0 Å². The molecule has 0 amide bonds. The highest BCUT2D eigenvalue weighted by atomic mass is 32.2. The fourth-order valence-corrected chi connectivity index (χ4v) is 6.09. The third kappa shape index (κ3) is 5.57. The number of rotatable bonds is 7. The number of hydrogen-bond donors (Lipinski definition) is 1. The van der Waals surface area contributed by atoms with E-state index in [0.717, 1.165) is 34.0 Å². The van der Waals surface area contributed by atoms with E-state index in [-0.39, 0.29) is 22.6 Å². The number of nitrogens with one attached hydrogen (secondary N) is 1. The summed E-state index contributed by atoms with van der Waals surface area (Å²) in [5.74, 6) is 0. The quantitative estimate of drug-likeness (QED) is 0.239. The molecule has 0 saturated carbocycles. The number of sulfonamides is 1. The number of benzene rings is 4. The van der Waals surface area contributed by atoms with Crippen molar-refractivity contribution in [2.75, 3.05) is 0 Å². The van der Waals surface area contributed by atoms with E-state index in [1.807, 2.05) is 31.2 Å². The number of aryl methyl sites for hydroxylation is 1. The second-order valence-electron chi connectivity index (χ2n) is 9.48. The van der Waals surface area contributed by atoms with Gasteiger partial charge in [0.2, 0.25) is 10.0 Å². The summed E-state index contributed by atoms with van der Waals surface area (Å²) in [6.07, 6.45) is -3.02. The van der Waals surface area contributed by atoms with E-state index < -0.39 is 27.3 Å². The molecule has 0 aliphatic heterocycles. The molecule has 0 saturated heterocycles. The van der Waals surface area contributed by atoms with Gasteiger partial charge >= 0.3 is 6.18 Å². The lowest BCUT2D eigenvalue weighted by Crippen LogP contribution is -2.49. The number of hydrogen-bond acceptors (Lipinski definition) is 3. The van der Waals surface area contributed by atoms with Crippen LogP contribution in [-0.2, 0) is 28.2 Å². The fourth-order valence-electron chi connectivity index (χ4n) is 4.69. The number of halogens is 3. The minimum absolute atomic E-state index is 0.00211. The molecule has 8 heteroatoms. The van der Waals surface area contributed by atoms with Gasteiger partial charge in [-0.25, -0.2) is 8.42 Å². The van der Waals surface area contributed by atoms with E-state index in [0.29, 0.717) is 0 Å². The Morgan fingerprint density at radius 2 is 1.44 bits per heavy atom. The minimum Gasteiger partial charge on any atom is -0.259 e. The monoisotopic (exact) mass is 546 g/mol. The Kier molecular flexibility index (Phi) is 7.01. The van der Waals surface area contributed by atoms with Crippen LogP contribution in [0.1, 0.15) is 27.9 Å². The molecule has 0 aliphatic rings. The standard InChI is InChI=1S/C31H25F3N2O2S/c1-22-14-17-29(35-21-22)30(20-23-8-3-2-4-9-23,26-12-7-13-27(19-26)31(32,33)34)36-39(37,38)28-16-15-24-10-5-6-11-25(24)18-28/h2-19,21,36H,20H2,1H3. The molecular formula is C31H25F3N2O2S. The molecule has 5 rings (SSSR count). The molecule has 1 atom stereocenters. The first-order valence-corrected chi connectivity index (χ1v) is 13.7. The number of aromatic nitrogens is 1. The summed E-state index contributed by atoms with van der Waals surface area (Å²) in [5.41, 5.74) is -0.579. The maximum Gasteiger partial charge on any atom is 0.416 e. The summed E-state index contributed by atoms with van der Waals surface area (Å²) in [7, 11) is -4.26. The molecule has 39 heavy (non-hydrogen) atoms. The van der Waals surface area contributed by atoms with Gasteiger partial charge in [0.05, 0.1) is 16.2 Å². The van der Waals surface area contributed by atoms with Crippen LogP contribution in [0.3, 0.4) is 0 Å². The Morgan fingerprint density at radius 1 is 0.744 bits per heavy atom. The fraction of sp³-hybridized carbons (Fsp3) is 0.129. The van der Waals surface area contributed by atoms with E-state index in [4.69, 9.17) is 0 Å². The molecule has 1 unspecified atom stereocenters. The summed E-state index contributed by atoms with van der Waals surface area (Å²) in [6.45, 7) is 1.83. The highest BCUT2D eigenvalue weighted by Crippen LogP contribution is 2.38. The SMILES string of the molecule is Cc1ccc(C(Cc2ccccc2)(NS(=O)(=O)c2ccc3ccccc3c2)c2cccc(C(F)(F)F)c2)nc1. The van der Waals surface area contributed by atoms with Crippen molar-refractivity contribution in [3.05, 3.63) is 143 Å². The first-order valence-electron chi connectivity index (χ1n) is 12.2. The van der Waals surface area contributed by atoms with Crippen molar-refractivity contribution in [3.63, 3.8) is 0 Å². The number of alkyl halides is 3. The molecule has 0 spiro atoms. The smallest absolute Gasteiger partial charge is 0.259 e. The van der Waals surface area contributed by atoms with E-state index in [1.54, 1.807) is 60.8 Å². The topological polar surface area (TPSA) is 59.1 Å². The second kappa shape index (κ2) is 10.3. The van der Waals surface area contributed by atoms with Crippen LogP contribution >= 0.6 is 0 Å². The zero-order chi connectivity index (χ0) is 27.7. The van der Waals surface area contributed by atoms with Gasteiger partial charge in [-0.1, -0.05) is 78.9 Å². The van der Waals surface area contributed by atoms with Gasteiger partial charge in [0, 0.05) is 12.6 Å². The van der Waals surface area contributed by atoms with Crippen molar-refractivity contribution in [1.29, 1.82) is 0 Å². The van der Waals surface area contributed by atoms with Crippen LogP contribution in [0.25, 0.3) is 10.8 Å². The van der Waals surface area contributed by atoms with E-state index >= 15 is 0 Å². The van der Waals surface area contributed by atoms with E-state index in [1.165, 1.54) is 18.2 Å². The van der Waals surface area contributed by atoms with Crippen molar-refractivity contribution in [2.24, 2.45) is 0 Å². The van der Waals surface area contributed by atoms with Crippen LogP contribution in [-0.4, -0.2) is 13.4 Å². The molecule has 4 aromatic carbocycles. The van der Waals surface area contributed by atoms with E-state index in [2.05, 4.69) is 9.71 Å².